The lowest BCUT2D eigenvalue weighted by atomic mass is 10.1. The Morgan fingerprint density at radius 1 is 1.29 bits per heavy atom. The van der Waals surface area contributed by atoms with E-state index in [0.29, 0.717) is 23.4 Å². The van der Waals surface area contributed by atoms with Crippen molar-refractivity contribution < 1.29 is 13.6 Å². The number of benzene rings is 1. The molecule has 0 aliphatic carbocycles. The lowest BCUT2D eigenvalue weighted by Gasteiger charge is -2.04. The molecule has 1 aromatic carbocycles. The summed E-state index contributed by atoms with van der Waals surface area (Å²) in [6.07, 6.45) is 4.56. The van der Waals surface area contributed by atoms with Crippen LogP contribution in [0.2, 0.25) is 0 Å². The van der Waals surface area contributed by atoms with Crippen LogP contribution in [0.4, 0.5) is 4.39 Å². The average molecular weight is 285 g/mol. The van der Waals surface area contributed by atoms with Crippen molar-refractivity contribution in [2.24, 2.45) is 0 Å². The fraction of sp³-hybridized carbons (Fsp3) is 0.0667. The third-order valence-corrected chi connectivity index (χ3v) is 3.05. The highest BCUT2D eigenvalue weighted by Crippen LogP contribution is 2.21. The number of furan rings is 1. The molecule has 0 radical (unpaired) electrons. The molecular formula is C15H12FN3O2. The maximum Gasteiger partial charge on any atom is 0.255 e. The minimum atomic E-state index is -0.329. The topological polar surface area (TPSA) is 70.9 Å². The molecule has 5 nitrogen and oxygen atoms in total. The van der Waals surface area contributed by atoms with Gasteiger partial charge < -0.3 is 9.73 Å². The van der Waals surface area contributed by atoms with Gasteiger partial charge in [0.1, 0.15) is 5.82 Å². The van der Waals surface area contributed by atoms with E-state index in [1.807, 2.05) is 0 Å². The molecular weight excluding hydrogens is 273 g/mol. The first-order valence-corrected chi connectivity index (χ1v) is 6.32. The van der Waals surface area contributed by atoms with Crippen molar-refractivity contribution in [3.05, 3.63) is 66.0 Å². The van der Waals surface area contributed by atoms with Crippen LogP contribution < -0.4 is 5.32 Å². The Morgan fingerprint density at radius 3 is 2.81 bits per heavy atom. The van der Waals surface area contributed by atoms with Crippen LogP contribution in [-0.4, -0.2) is 16.1 Å². The van der Waals surface area contributed by atoms with Crippen molar-refractivity contribution in [3.63, 3.8) is 0 Å². The van der Waals surface area contributed by atoms with Crippen molar-refractivity contribution in [1.82, 2.24) is 15.5 Å². The van der Waals surface area contributed by atoms with Crippen molar-refractivity contribution in [3.8, 4) is 11.3 Å². The second kappa shape index (κ2) is 5.62. The van der Waals surface area contributed by atoms with Gasteiger partial charge in [0, 0.05) is 17.7 Å². The van der Waals surface area contributed by atoms with Crippen molar-refractivity contribution >= 4 is 5.91 Å². The zero-order chi connectivity index (χ0) is 14.7. The third-order valence-electron chi connectivity index (χ3n) is 3.05. The summed E-state index contributed by atoms with van der Waals surface area (Å²) in [6, 6.07) is 7.63. The van der Waals surface area contributed by atoms with Crippen LogP contribution >= 0.6 is 0 Å². The van der Waals surface area contributed by atoms with Gasteiger partial charge in [0.2, 0.25) is 0 Å². The van der Waals surface area contributed by atoms with E-state index in [4.69, 9.17) is 4.42 Å². The predicted octanol–water partition coefficient (Wildman–Crippen LogP) is 2.74. The number of nitrogens with one attached hydrogen (secondary N) is 2. The number of rotatable bonds is 4. The third kappa shape index (κ3) is 2.84. The number of hydrogen-bond acceptors (Lipinski definition) is 3. The molecule has 0 aliphatic rings. The van der Waals surface area contributed by atoms with Crippen LogP contribution in [0.3, 0.4) is 0 Å². The molecule has 0 atom stereocenters. The van der Waals surface area contributed by atoms with Crippen LogP contribution in [0.15, 0.2) is 53.5 Å². The molecule has 0 unspecified atom stereocenters. The Kier molecular flexibility index (Phi) is 3.51. The lowest BCUT2D eigenvalue weighted by Crippen LogP contribution is -2.22. The molecule has 0 saturated carbocycles. The van der Waals surface area contributed by atoms with Crippen LogP contribution in [0, 0.1) is 5.82 Å². The van der Waals surface area contributed by atoms with Gasteiger partial charge in [0.05, 0.1) is 30.0 Å². The Hall–Kier alpha value is -2.89. The van der Waals surface area contributed by atoms with Gasteiger partial charge in [-0.25, -0.2) is 4.39 Å². The maximum atomic E-state index is 13.0. The first-order valence-electron chi connectivity index (χ1n) is 6.32. The summed E-state index contributed by atoms with van der Waals surface area (Å²) in [4.78, 5) is 12.2. The SMILES string of the molecule is O=C(NCc1ccoc1)c1cn[nH]c1-c1ccc(F)cc1. The second-order valence-electron chi connectivity index (χ2n) is 4.48. The summed E-state index contributed by atoms with van der Waals surface area (Å²) in [5.41, 5.74) is 2.53. The zero-order valence-electron chi connectivity index (χ0n) is 11.0. The van der Waals surface area contributed by atoms with Gasteiger partial charge in [-0.15, -0.1) is 0 Å². The first-order chi connectivity index (χ1) is 10.2. The van der Waals surface area contributed by atoms with Gasteiger partial charge in [-0.3, -0.25) is 9.89 Å². The van der Waals surface area contributed by atoms with Gasteiger partial charge in [0.15, 0.2) is 0 Å². The summed E-state index contributed by atoms with van der Waals surface area (Å²) in [5.74, 6) is -0.589. The number of nitrogens with zero attached hydrogens (tertiary/aromatic N) is 1. The Balaban J connectivity index is 1.78. The molecule has 6 heteroatoms. The molecule has 2 aromatic heterocycles. The van der Waals surface area contributed by atoms with E-state index < -0.39 is 0 Å². The Labute approximate surface area is 119 Å². The maximum absolute atomic E-state index is 13.0. The van der Waals surface area contributed by atoms with Gasteiger partial charge in [-0.2, -0.15) is 5.10 Å². The number of H-pyrrole nitrogens is 1. The second-order valence-corrected chi connectivity index (χ2v) is 4.48. The van der Waals surface area contributed by atoms with E-state index >= 15 is 0 Å². The highest BCUT2D eigenvalue weighted by Gasteiger charge is 2.15. The summed E-state index contributed by atoms with van der Waals surface area (Å²) < 4.78 is 17.9. The minimum Gasteiger partial charge on any atom is -0.472 e. The van der Waals surface area contributed by atoms with E-state index in [1.54, 1.807) is 30.7 Å². The molecule has 3 aromatic rings. The van der Waals surface area contributed by atoms with Crippen LogP contribution in [0.5, 0.6) is 0 Å². The standard InChI is InChI=1S/C15H12FN3O2/c16-12-3-1-11(2-4-12)14-13(8-18-19-14)15(20)17-7-10-5-6-21-9-10/h1-6,8-9H,7H2,(H,17,20)(H,18,19). The van der Waals surface area contributed by atoms with E-state index in [0.717, 1.165) is 5.56 Å². The molecule has 0 saturated heterocycles. The molecule has 21 heavy (non-hydrogen) atoms. The summed E-state index contributed by atoms with van der Waals surface area (Å²) in [6.45, 7) is 0.364. The van der Waals surface area contributed by atoms with Crippen molar-refractivity contribution in [2.75, 3.05) is 0 Å². The number of carbonyl (C=O) groups is 1. The summed E-state index contributed by atoms with van der Waals surface area (Å²) >= 11 is 0. The quantitative estimate of drug-likeness (QED) is 0.774. The monoisotopic (exact) mass is 285 g/mol. The zero-order valence-corrected chi connectivity index (χ0v) is 11.0. The average Bonchev–Trinajstić information content (AvgIpc) is 3.17. The fourth-order valence-corrected chi connectivity index (χ4v) is 1.97. The summed E-state index contributed by atoms with van der Waals surface area (Å²) in [7, 11) is 0. The van der Waals surface area contributed by atoms with Gasteiger partial charge in [-0.1, -0.05) is 0 Å². The van der Waals surface area contributed by atoms with E-state index in [2.05, 4.69) is 15.5 Å². The predicted molar refractivity (Wildman–Crippen MR) is 73.9 cm³/mol. The number of aromatic amines is 1. The highest BCUT2D eigenvalue weighted by molar-refractivity contribution is 5.99. The van der Waals surface area contributed by atoms with E-state index in [-0.39, 0.29) is 11.7 Å². The first kappa shape index (κ1) is 13.1. The Morgan fingerprint density at radius 2 is 2.10 bits per heavy atom. The molecule has 3 rings (SSSR count). The molecule has 2 heterocycles. The minimum absolute atomic E-state index is 0.260. The molecule has 1 amide bonds. The highest BCUT2D eigenvalue weighted by atomic mass is 19.1. The number of aromatic nitrogens is 2. The van der Waals surface area contributed by atoms with Crippen molar-refractivity contribution in [2.45, 2.75) is 6.54 Å². The van der Waals surface area contributed by atoms with Crippen molar-refractivity contribution in [1.29, 1.82) is 0 Å². The Bertz CT molecular complexity index is 733. The molecule has 0 fully saturated rings. The molecule has 0 aliphatic heterocycles. The number of halogens is 1. The molecule has 2 N–H and O–H groups in total. The molecule has 106 valence electrons. The fourth-order valence-electron chi connectivity index (χ4n) is 1.97. The van der Waals surface area contributed by atoms with Gasteiger partial charge >= 0.3 is 0 Å². The van der Waals surface area contributed by atoms with Gasteiger partial charge in [0.25, 0.3) is 5.91 Å². The number of carbonyl (C=O) groups excluding carboxylic acids is 1. The molecule has 0 bridgehead atoms. The summed E-state index contributed by atoms with van der Waals surface area (Å²) in [5, 5.41) is 9.43. The van der Waals surface area contributed by atoms with Crippen LogP contribution in [-0.2, 0) is 6.54 Å². The smallest absolute Gasteiger partial charge is 0.255 e. The largest absolute Gasteiger partial charge is 0.472 e. The lowest BCUT2D eigenvalue weighted by molar-refractivity contribution is 0.0951. The van der Waals surface area contributed by atoms with E-state index in [9.17, 15) is 9.18 Å². The number of amides is 1. The van der Waals surface area contributed by atoms with Crippen LogP contribution in [0.1, 0.15) is 15.9 Å². The molecule has 0 spiro atoms. The number of hydrogen-bond donors (Lipinski definition) is 2. The van der Waals surface area contributed by atoms with Gasteiger partial charge in [-0.05, 0) is 30.3 Å². The van der Waals surface area contributed by atoms with Crippen LogP contribution in [0.25, 0.3) is 11.3 Å². The van der Waals surface area contributed by atoms with E-state index in [1.165, 1.54) is 18.3 Å². The normalized spacial score (nSPS) is 10.5.